The van der Waals surface area contributed by atoms with Gasteiger partial charge in [-0.1, -0.05) is 60.2 Å². The highest BCUT2D eigenvalue weighted by Gasteiger charge is 2.14. The highest BCUT2D eigenvalue weighted by atomic mass is 32.2. The fourth-order valence-electron chi connectivity index (χ4n) is 3.28. The van der Waals surface area contributed by atoms with E-state index >= 15 is 0 Å². The van der Waals surface area contributed by atoms with Gasteiger partial charge in [0.15, 0.2) is 0 Å². The van der Waals surface area contributed by atoms with E-state index in [2.05, 4.69) is 15.2 Å². The molecule has 1 amide bonds. The predicted octanol–water partition coefficient (Wildman–Crippen LogP) is 5.14. The molecule has 0 fully saturated rings. The summed E-state index contributed by atoms with van der Waals surface area (Å²) in [5, 5.41) is 4.01. The topological polar surface area (TPSA) is 96.9 Å². The maximum Gasteiger partial charge on any atom is 0.271 e. The molecular formula is C28H25N3O4S. The fraction of sp³-hybridized carbons (Fsp3) is 0.0714. The highest BCUT2D eigenvalue weighted by Crippen LogP contribution is 2.18. The molecule has 0 heterocycles. The first-order valence-corrected chi connectivity index (χ1v) is 12.7. The number of anilines is 1. The summed E-state index contributed by atoms with van der Waals surface area (Å²) >= 11 is 0. The Morgan fingerprint density at radius 1 is 0.889 bits per heavy atom. The third kappa shape index (κ3) is 6.80. The van der Waals surface area contributed by atoms with Gasteiger partial charge in [-0.15, -0.1) is 0 Å². The van der Waals surface area contributed by atoms with Crippen LogP contribution < -0.4 is 14.9 Å². The van der Waals surface area contributed by atoms with Crippen LogP contribution in [0.25, 0.3) is 0 Å². The second-order valence-corrected chi connectivity index (χ2v) is 9.72. The molecular weight excluding hydrogens is 474 g/mol. The summed E-state index contributed by atoms with van der Waals surface area (Å²) in [6.45, 7) is 2.34. The number of nitrogens with zero attached hydrogens (tertiary/aromatic N) is 1. The molecule has 0 atom stereocenters. The Kier molecular flexibility index (Phi) is 7.77. The zero-order valence-corrected chi connectivity index (χ0v) is 20.4. The third-order valence-corrected chi connectivity index (χ3v) is 6.61. The van der Waals surface area contributed by atoms with Crippen molar-refractivity contribution in [1.29, 1.82) is 0 Å². The lowest BCUT2D eigenvalue weighted by atomic mass is 10.2. The van der Waals surface area contributed by atoms with Gasteiger partial charge in [-0.2, -0.15) is 5.10 Å². The molecule has 182 valence electrons. The minimum Gasteiger partial charge on any atom is -0.489 e. The average Bonchev–Trinajstić information content (AvgIpc) is 2.89. The van der Waals surface area contributed by atoms with Crippen LogP contribution in [0.1, 0.15) is 27.0 Å². The number of rotatable bonds is 9. The van der Waals surface area contributed by atoms with Crippen LogP contribution in [0.15, 0.2) is 113 Å². The molecule has 0 bridgehead atoms. The van der Waals surface area contributed by atoms with E-state index in [0.717, 1.165) is 16.7 Å². The van der Waals surface area contributed by atoms with Gasteiger partial charge in [0.25, 0.3) is 15.9 Å². The Bertz CT molecular complexity index is 1450. The Morgan fingerprint density at radius 2 is 1.61 bits per heavy atom. The molecule has 0 unspecified atom stereocenters. The molecule has 0 aromatic heterocycles. The predicted molar refractivity (Wildman–Crippen MR) is 141 cm³/mol. The second kappa shape index (κ2) is 11.3. The zero-order valence-electron chi connectivity index (χ0n) is 19.6. The summed E-state index contributed by atoms with van der Waals surface area (Å²) in [4.78, 5) is 12.6. The van der Waals surface area contributed by atoms with Crippen molar-refractivity contribution in [2.45, 2.75) is 18.4 Å². The lowest BCUT2D eigenvalue weighted by molar-refractivity contribution is 0.0955. The van der Waals surface area contributed by atoms with Crippen molar-refractivity contribution in [2.24, 2.45) is 5.10 Å². The molecule has 0 radical (unpaired) electrons. The van der Waals surface area contributed by atoms with Gasteiger partial charge in [0.2, 0.25) is 0 Å². The lowest BCUT2D eigenvalue weighted by Crippen LogP contribution is -2.18. The van der Waals surface area contributed by atoms with Gasteiger partial charge in [0, 0.05) is 11.3 Å². The first-order chi connectivity index (χ1) is 17.4. The molecule has 0 saturated heterocycles. The fourth-order valence-corrected chi connectivity index (χ4v) is 4.34. The van der Waals surface area contributed by atoms with Crippen LogP contribution in [0.5, 0.6) is 5.75 Å². The zero-order chi connectivity index (χ0) is 25.4. The monoisotopic (exact) mass is 499 g/mol. The van der Waals surface area contributed by atoms with Crippen LogP contribution in [0, 0.1) is 6.92 Å². The summed E-state index contributed by atoms with van der Waals surface area (Å²) in [6.07, 6.45) is 1.53. The normalized spacial score (nSPS) is 11.2. The standard InChI is InChI=1S/C28H25N3O4S/c1-21-10-16-27(17-11-21)36(33,34)31-25-14-12-24(13-15-25)28(32)30-29-19-23-8-5-9-26(18-23)35-20-22-6-3-2-4-7-22/h2-19,31H,20H2,1H3,(H,30,32). The second-order valence-electron chi connectivity index (χ2n) is 8.04. The molecule has 0 aliphatic carbocycles. The molecule has 36 heavy (non-hydrogen) atoms. The minimum atomic E-state index is -3.72. The molecule has 8 heteroatoms. The van der Waals surface area contributed by atoms with Crippen molar-refractivity contribution in [3.05, 3.63) is 125 Å². The van der Waals surface area contributed by atoms with E-state index in [1.54, 1.807) is 24.3 Å². The van der Waals surface area contributed by atoms with Crippen molar-refractivity contribution in [3.63, 3.8) is 0 Å². The van der Waals surface area contributed by atoms with Crippen LogP contribution >= 0.6 is 0 Å². The van der Waals surface area contributed by atoms with E-state index in [4.69, 9.17) is 4.74 Å². The number of hydrogen-bond acceptors (Lipinski definition) is 5. The molecule has 4 aromatic rings. The van der Waals surface area contributed by atoms with E-state index in [1.165, 1.54) is 30.5 Å². The van der Waals surface area contributed by atoms with Crippen molar-refractivity contribution in [1.82, 2.24) is 5.43 Å². The number of nitrogens with one attached hydrogen (secondary N) is 2. The summed E-state index contributed by atoms with van der Waals surface area (Å²) < 4.78 is 33.4. The summed E-state index contributed by atoms with van der Waals surface area (Å²) in [5.41, 5.74) is 5.96. The van der Waals surface area contributed by atoms with E-state index in [0.29, 0.717) is 23.6 Å². The molecule has 4 aromatic carbocycles. The summed E-state index contributed by atoms with van der Waals surface area (Å²) in [6, 6.07) is 29.9. The molecule has 0 saturated carbocycles. The van der Waals surface area contributed by atoms with E-state index in [9.17, 15) is 13.2 Å². The minimum absolute atomic E-state index is 0.166. The number of benzene rings is 4. The van der Waals surface area contributed by atoms with Crippen molar-refractivity contribution in [2.75, 3.05) is 4.72 Å². The summed E-state index contributed by atoms with van der Waals surface area (Å²) in [7, 11) is -3.72. The first kappa shape index (κ1) is 24.7. The maximum atomic E-state index is 12.5. The van der Waals surface area contributed by atoms with Gasteiger partial charge in [-0.25, -0.2) is 13.8 Å². The van der Waals surface area contributed by atoms with Crippen LogP contribution in [0.3, 0.4) is 0 Å². The smallest absolute Gasteiger partial charge is 0.271 e. The molecule has 7 nitrogen and oxygen atoms in total. The lowest BCUT2D eigenvalue weighted by Gasteiger charge is -2.09. The number of sulfonamides is 1. The SMILES string of the molecule is Cc1ccc(S(=O)(=O)Nc2ccc(C(=O)NN=Cc3cccc(OCc4ccccc4)c3)cc2)cc1. The number of hydrazone groups is 1. The molecule has 0 aliphatic heterocycles. The largest absolute Gasteiger partial charge is 0.489 e. The van der Waals surface area contributed by atoms with Crippen LogP contribution in [-0.2, 0) is 16.6 Å². The maximum absolute atomic E-state index is 12.5. The molecule has 2 N–H and O–H groups in total. The quantitative estimate of drug-likeness (QED) is 0.246. The van der Waals surface area contributed by atoms with Crippen LogP contribution in [0.2, 0.25) is 0 Å². The number of carbonyl (C=O) groups excluding carboxylic acids is 1. The number of aryl methyl sites for hydroxylation is 1. The highest BCUT2D eigenvalue weighted by molar-refractivity contribution is 7.92. The van der Waals surface area contributed by atoms with Gasteiger partial charge in [0.1, 0.15) is 12.4 Å². The van der Waals surface area contributed by atoms with Crippen molar-refractivity contribution >= 4 is 27.8 Å². The van der Waals surface area contributed by atoms with Gasteiger partial charge in [0.05, 0.1) is 11.1 Å². The average molecular weight is 500 g/mol. The molecule has 0 aliphatic rings. The van der Waals surface area contributed by atoms with Gasteiger partial charge in [-0.05, 0) is 66.6 Å². The number of ether oxygens (including phenoxy) is 1. The van der Waals surface area contributed by atoms with Gasteiger partial charge >= 0.3 is 0 Å². The van der Waals surface area contributed by atoms with Crippen molar-refractivity contribution < 1.29 is 17.9 Å². The summed E-state index contributed by atoms with van der Waals surface area (Å²) in [5.74, 6) is 0.272. The van der Waals surface area contributed by atoms with E-state index < -0.39 is 15.9 Å². The Morgan fingerprint density at radius 3 is 2.33 bits per heavy atom. The van der Waals surface area contributed by atoms with Crippen molar-refractivity contribution in [3.8, 4) is 5.75 Å². The van der Waals surface area contributed by atoms with Crippen LogP contribution in [0.4, 0.5) is 5.69 Å². The molecule has 0 spiro atoms. The number of carbonyl (C=O) groups is 1. The van der Waals surface area contributed by atoms with Crippen LogP contribution in [-0.4, -0.2) is 20.5 Å². The first-order valence-electron chi connectivity index (χ1n) is 11.2. The number of hydrogen-bond donors (Lipinski definition) is 2. The third-order valence-electron chi connectivity index (χ3n) is 5.22. The Labute approximate surface area is 210 Å². The van der Waals surface area contributed by atoms with E-state index in [-0.39, 0.29) is 4.90 Å². The Hall–Kier alpha value is -4.43. The van der Waals surface area contributed by atoms with Gasteiger partial charge < -0.3 is 4.74 Å². The number of amides is 1. The molecule has 4 rings (SSSR count). The van der Waals surface area contributed by atoms with Gasteiger partial charge in [-0.3, -0.25) is 9.52 Å². The van der Waals surface area contributed by atoms with E-state index in [1.807, 2.05) is 61.5 Å². The Balaban J connectivity index is 1.32.